The second-order valence-electron chi connectivity index (χ2n) is 4.21. The maximum absolute atomic E-state index is 8.63. The molecule has 2 N–H and O–H groups in total. The maximum atomic E-state index is 8.63. The van der Waals surface area contributed by atoms with E-state index in [0.717, 1.165) is 0 Å². The molecule has 1 aliphatic rings. The van der Waals surface area contributed by atoms with Gasteiger partial charge in [0.25, 0.3) is 0 Å². The minimum atomic E-state index is -4.92. The van der Waals surface area contributed by atoms with Crippen molar-refractivity contribution >= 4 is 10.4 Å². The molecule has 0 amide bonds. The number of hydrogen-bond acceptors (Lipinski definition) is 3. The summed E-state index contributed by atoms with van der Waals surface area (Å²) in [5, 5.41) is 0. The quantitative estimate of drug-likeness (QED) is 0.448. The normalized spacial score (nSPS) is 26.6. The molecule has 2 atom stereocenters. The van der Waals surface area contributed by atoms with Crippen LogP contribution in [-0.4, -0.2) is 22.5 Å². The zero-order valence-electron chi connectivity index (χ0n) is 10.1. The fourth-order valence-corrected chi connectivity index (χ4v) is 1.74. The number of aromatic nitrogens is 2. The molecule has 0 fully saturated rings. The van der Waals surface area contributed by atoms with Gasteiger partial charge in [0.1, 0.15) is 17.9 Å². The molecule has 0 aliphatic heterocycles. The molecule has 1 aromatic heterocycles. The molecule has 0 spiro atoms. The van der Waals surface area contributed by atoms with E-state index in [-0.39, 0.29) is 5.54 Å². The van der Waals surface area contributed by atoms with E-state index < -0.39 is 10.4 Å². The van der Waals surface area contributed by atoms with Crippen LogP contribution in [0.1, 0.15) is 13.8 Å². The molecule has 0 saturated carbocycles. The molecule has 1 aromatic rings. The molecule has 1 heterocycles. The van der Waals surface area contributed by atoms with E-state index in [2.05, 4.69) is 53.9 Å². The number of nitrogens with zero attached hydrogens (tertiary/aromatic N) is 1. The fraction of sp³-hybridized carbons (Fsp3) is 0.364. The highest BCUT2D eigenvalue weighted by Crippen LogP contribution is 2.25. The average molecular weight is 272 g/mol. The Morgan fingerprint density at radius 3 is 2.50 bits per heavy atom. The zero-order valence-corrected chi connectivity index (χ0v) is 11.0. The van der Waals surface area contributed by atoms with Crippen LogP contribution < -0.4 is 4.57 Å². The Bertz CT molecular complexity index is 525. The minimum Gasteiger partial charge on any atom is -0.726 e. The highest BCUT2D eigenvalue weighted by atomic mass is 32.3. The summed E-state index contributed by atoms with van der Waals surface area (Å²) in [6.07, 6.45) is 14.7. The minimum absolute atomic E-state index is 0.0781. The predicted molar refractivity (Wildman–Crippen MR) is 64.4 cm³/mol. The van der Waals surface area contributed by atoms with Crippen LogP contribution in [0.4, 0.5) is 0 Å². The molecule has 0 aromatic carbocycles. The Labute approximate surface area is 106 Å². The van der Waals surface area contributed by atoms with Crippen molar-refractivity contribution in [3.63, 3.8) is 0 Å². The number of nitrogens with one attached hydrogen (secondary N) is 1. The molecular formula is C11H16N2O4S. The summed E-state index contributed by atoms with van der Waals surface area (Å²) in [4.78, 5) is 3.08. The first-order valence-corrected chi connectivity index (χ1v) is 6.69. The molecule has 100 valence electrons. The van der Waals surface area contributed by atoms with Crippen molar-refractivity contribution in [2.75, 3.05) is 0 Å². The van der Waals surface area contributed by atoms with E-state index in [1.54, 1.807) is 0 Å². The smallest absolute Gasteiger partial charge is 0.242 e. The Morgan fingerprint density at radius 1 is 1.44 bits per heavy atom. The third-order valence-corrected chi connectivity index (χ3v) is 2.97. The van der Waals surface area contributed by atoms with Crippen molar-refractivity contribution in [1.29, 1.82) is 0 Å². The van der Waals surface area contributed by atoms with E-state index in [1.807, 2.05) is 12.5 Å². The number of hydrogen-bond donors (Lipinski definition) is 2. The van der Waals surface area contributed by atoms with Gasteiger partial charge < -0.3 is 4.55 Å². The Kier molecular flexibility index (Phi) is 4.44. The van der Waals surface area contributed by atoms with Crippen LogP contribution in [0, 0.1) is 5.92 Å². The number of rotatable bonds is 1. The fourth-order valence-electron chi connectivity index (χ4n) is 1.74. The van der Waals surface area contributed by atoms with Crippen molar-refractivity contribution in [3.8, 4) is 0 Å². The maximum Gasteiger partial charge on any atom is 0.242 e. The number of H-pyrrole nitrogens is 1. The average Bonchev–Trinajstić information content (AvgIpc) is 2.73. The van der Waals surface area contributed by atoms with Gasteiger partial charge in [0, 0.05) is 5.92 Å². The second-order valence-corrected chi connectivity index (χ2v) is 5.06. The molecule has 1 aliphatic carbocycles. The van der Waals surface area contributed by atoms with Crippen LogP contribution in [0.15, 0.2) is 43.0 Å². The van der Waals surface area contributed by atoms with E-state index in [4.69, 9.17) is 17.5 Å². The van der Waals surface area contributed by atoms with E-state index >= 15 is 0 Å². The van der Waals surface area contributed by atoms with Gasteiger partial charge in [-0.05, 0) is 13.0 Å². The molecular weight excluding hydrogens is 256 g/mol. The van der Waals surface area contributed by atoms with Crippen molar-refractivity contribution < 1.29 is 22.1 Å². The summed E-state index contributed by atoms with van der Waals surface area (Å²) in [6.45, 7) is 4.48. The van der Waals surface area contributed by atoms with Crippen molar-refractivity contribution in [2.45, 2.75) is 19.4 Å². The highest BCUT2D eigenvalue weighted by molar-refractivity contribution is 7.79. The van der Waals surface area contributed by atoms with Gasteiger partial charge in [0.15, 0.2) is 0 Å². The van der Waals surface area contributed by atoms with Gasteiger partial charge in [-0.3, -0.25) is 9.54 Å². The monoisotopic (exact) mass is 272 g/mol. The van der Waals surface area contributed by atoms with E-state index in [0.29, 0.717) is 5.92 Å². The number of allylic oxidation sites excluding steroid dienone is 4. The summed E-state index contributed by atoms with van der Waals surface area (Å²) in [7, 11) is -4.92. The zero-order chi connectivity index (χ0) is 13.8. The van der Waals surface area contributed by atoms with E-state index in [1.165, 1.54) is 0 Å². The summed E-state index contributed by atoms with van der Waals surface area (Å²) < 4.78 is 35.0. The summed E-state index contributed by atoms with van der Waals surface area (Å²) in [5.41, 5.74) is 0.0781. The van der Waals surface area contributed by atoms with Gasteiger partial charge in [0.2, 0.25) is 16.7 Å². The Balaban J connectivity index is 0.000000280. The lowest BCUT2D eigenvalue weighted by Gasteiger charge is -2.29. The molecule has 6 nitrogen and oxygen atoms in total. The lowest BCUT2D eigenvalue weighted by molar-refractivity contribution is -0.753. The lowest BCUT2D eigenvalue weighted by Crippen LogP contribution is -2.55. The van der Waals surface area contributed by atoms with E-state index in [9.17, 15) is 0 Å². The molecule has 2 rings (SSSR count). The van der Waals surface area contributed by atoms with Crippen molar-refractivity contribution in [2.24, 2.45) is 5.92 Å². The van der Waals surface area contributed by atoms with Gasteiger partial charge in [-0.25, -0.2) is 13.0 Å². The van der Waals surface area contributed by atoms with Crippen LogP contribution >= 0.6 is 0 Å². The summed E-state index contributed by atoms with van der Waals surface area (Å²) in [6, 6.07) is 0. The third kappa shape index (κ3) is 4.10. The van der Waals surface area contributed by atoms with Gasteiger partial charge >= 0.3 is 0 Å². The summed E-state index contributed by atoms with van der Waals surface area (Å²) >= 11 is 0. The third-order valence-electron chi connectivity index (χ3n) is 2.97. The van der Waals surface area contributed by atoms with Crippen LogP contribution in [0.3, 0.4) is 0 Å². The van der Waals surface area contributed by atoms with Crippen LogP contribution in [0.25, 0.3) is 0 Å². The topological polar surface area (TPSA) is 97.1 Å². The van der Waals surface area contributed by atoms with Gasteiger partial charge in [0.05, 0.1) is 0 Å². The van der Waals surface area contributed by atoms with Gasteiger partial charge in [-0.2, -0.15) is 0 Å². The molecule has 7 heteroatoms. The van der Waals surface area contributed by atoms with Crippen molar-refractivity contribution in [3.05, 3.63) is 43.0 Å². The SMILES string of the molecule is CC1C=CC=CC1(C)[n+]1cc[nH]c1.O=S(=O)([O-])O. The van der Waals surface area contributed by atoms with Crippen molar-refractivity contribution in [1.82, 2.24) is 4.98 Å². The molecule has 0 radical (unpaired) electrons. The lowest BCUT2D eigenvalue weighted by atomic mass is 9.83. The number of imidazole rings is 1. The van der Waals surface area contributed by atoms with Crippen LogP contribution in [-0.2, 0) is 15.9 Å². The number of aromatic amines is 1. The Hall–Kier alpha value is -1.44. The largest absolute Gasteiger partial charge is 0.726 e. The first-order chi connectivity index (χ1) is 8.23. The molecule has 18 heavy (non-hydrogen) atoms. The standard InChI is InChI=1S/C11H14N2.H2O4S/c1-10-5-3-4-6-11(10,2)13-8-7-12-9-13;1-5(2,3)4/h3-10H,1-2H3;(H2,1,2,3,4). The molecule has 0 saturated heterocycles. The first kappa shape index (κ1) is 14.6. The predicted octanol–water partition coefficient (Wildman–Crippen LogP) is 0.784. The first-order valence-electron chi connectivity index (χ1n) is 5.32. The molecule has 0 bridgehead atoms. The van der Waals surface area contributed by atoms with Crippen LogP contribution in [0.2, 0.25) is 0 Å². The molecule has 2 unspecified atom stereocenters. The Morgan fingerprint density at radius 2 is 2.06 bits per heavy atom. The van der Waals surface area contributed by atoms with Gasteiger partial charge in [-0.1, -0.05) is 25.2 Å². The summed E-state index contributed by atoms with van der Waals surface area (Å²) in [5.74, 6) is 0.526. The van der Waals surface area contributed by atoms with Crippen LogP contribution in [0.5, 0.6) is 0 Å². The van der Waals surface area contributed by atoms with Gasteiger partial charge in [-0.15, -0.1) is 0 Å². The second kappa shape index (κ2) is 5.47. The highest BCUT2D eigenvalue weighted by Gasteiger charge is 2.34.